The maximum atomic E-state index is 12.7. The van der Waals surface area contributed by atoms with Crippen LogP contribution in [0.15, 0.2) is 60.8 Å². The zero-order valence-electron chi connectivity index (χ0n) is 17.3. The summed E-state index contributed by atoms with van der Waals surface area (Å²) in [6.07, 6.45) is 5.10. The lowest BCUT2D eigenvalue weighted by Gasteiger charge is -2.35. The topological polar surface area (TPSA) is 67.8 Å². The van der Waals surface area contributed by atoms with Crippen LogP contribution in [-0.4, -0.2) is 53.7 Å². The lowest BCUT2D eigenvalue weighted by molar-refractivity contribution is -0.126. The van der Waals surface area contributed by atoms with Gasteiger partial charge >= 0.3 is 0 Å². The second-order valence-electron chi connectivity index (χ2n) is 7.49. The van der Waals surface area contributed by atoms with Crippen LogP contribution in [-0.2, 0) is 4.79 Å². The summed E-state index contributed by atoms with van der Waals surface area (Å²) in [6.45, 7) is 2.82. The van der Waals surface area contributed by atoms with Crippen LogP contribution in [0.5, 0.6) is 11.5 Å². The molecule has 1 saturated heterocycles. The fraction of sp³-hybridized carbons (Fsp3) is 0.208. The fourth-order valence-electron chi connectivity index (χ4n) is 3.76. The first-order valence-corrected chi connectivity index (χ1v) is 10.7. The fourth-order valence-corrected chi connectivity index (χ4v) is 4.04. The lowest BCUT2D eigenvalue weighted by atomic mass is 10.2. The Hall–Kier alpha value is -3.58. The van der Waals surface area contributed by atoms with Gasteiger partial charge in [0, 0.05) is 44.0 Å². The van der Waals surface area contributed by atoms with Crippen molar-refractivity contribution in [2.75, 3.05) is 37.9 Å². The monoisotopic (exact) mass is 448 g/mol. The number of piperazine rings is 1. The quantitative estimate of drug-likeness (QED) is 0.564. The molecule has 0 atom stereocenters. The molecule has 7 nitrogen and oxygen atoms in total. The molecule has 2 aliphatic rings. The first-order valence-electron chi connectivity index (χ1n) is 10.4. The zero-order chi connectivity index (χ0) is 21.9. The normalized spacial score (nSPS) is 15.4. The summed E-state index contributed by atoms with van der Waals surface area (Å²) in [5, 5.41) is 0.473. The highest BCUT2D eigenvalue weighted by Gasteiger charge is 2.21. The smallest absolute Gasteiger partial charge is 0.246 e. The second kappa shape index (κ2) is 8.88. The van der Waals surface area contributed by atoms with Gasteiger partial charge in [-0.3, -0.25) is 4.79 Å². The van der Waals surface area contributed by atoms with Crippen molar-refractivity contribution in [2.45, 2.75) is 0 Å². The van der Waals surface area contributed by atoms with Gasteiger partial charge in [0.1, 0.15) is 5.82 Å². The van der Waals surface area contributed by atoms with E-state index in [-0.39, 0.29) is 12.7 Å². The Labute approximate surface area is 190 Å². The molecule has 0 radical (unpaired) electrons. The molecule has 0 spiro atoms. The number of nitrogens with zero attached hydrogens (tertiary/aromatic N) is 4. The van der Waals surface area contributed by atoms with Crippen molar-refractivity contribution >= 4 is 29.4 Å². The average Bonchev–Trinajstić information content (AvgIpc) is 3.33. The van der Waals surface area contributed by atoms with Crippen LogP contribution in [0.1, 0.15) is 5.56 Å². The molecule has 2 aliphatic heterocycles. The first kappa shape index (κ1) is 20.3. The van der Waals surface area contributed by atoms with Gasteiger partial charge in [0.05, 0.1) is 5.02 Å². The molecule has 0 aliphatic carbocycles. The van der Waals surface area contributed by atoms with Crippen LogP contribution in [0.3, 0.4) is 0 Å². The number of benzene rings is 2. The molecule has 3 aromatic rings. The van der Waals surface area contributed by atoms with Crippen LogP contribution in [0, 0.1) is 0 Å². The molecule has 3 heterocycles. The van der Waals surface area contributed by atoms with Gasteiger partial charge in [-0.25, -0.2) is 9.97 Å². The Balaban J connectivity index is 1.21. The summed E-state index contributed by atoms with van der Waals surface area (Å²) < 4.78 is 10.7. The Morgan fingerprint density at radius 2 is 1.84 bits per heavy atom. The summed E-state index contributed by atoms with van der Waals surface area (Å²) in [5.41, 5.74) is 1.78. The van der Waals surface area contributed by atoms with E-state index in [4.69, 9.17) is 26.1 Å². The van der Waals surface area contributed by atoms with Crippen molar-refractivity contribution in [1.29, 1.82) is 0 Å². The Morgan fingerprint density at radius 3 is 2.66 bits per heavy atom. The molecule has 1 fully saturated rings. The predicted molar refractivity (Wildman–Crippen MR) is 123 cm³/mol. The minimum absolute atomic E-state index is 0.0360. The summed E-state index contributed by atoms with van der Waals surface area (Å²) in [4.78, 5) is 25.8. The second-order valence-corrected chi connectivity index (χ2v) is 7.89. The molecule has 0 N–H and O–H groups in total. The van der Waals surface area contributed by atoms with Gasteiger partial charge in [-0.1, -0.05) is 41.9 Å². The molecular formula is C24H21ClN4O3. The van der Waals surface area contributed by atoms with E-state index in [1.54, 1.807) is 24.4 Å². The molecule has 162 valence electrons. The van der Waals surface area contributed by atoms with E-state index in [9.17, 15) is 4.79 Å². The summed E-state index contributed by atoms with van der Waals surface area (Å²) in [5.74, 6) is 2.68. The number of halogens is 1. The third-order valence-electron chi connectivity index (χ3n) is 5.46. The third-order valence-corrected chi connectivity index (χ3v) is 5.74. The first-order chi connectivity index (χ1) is 15.7. The number of fused-ring (bicyclic) bond motifs is 1. The molecule has 5 rings (SSSR count). The minimum atomic E-state index is -0.0360. The Kier molecular flexibility index (Phi) is 5.64. The Morgan fingerprint density at radius 1 is 1.03 bits per heavy atom. The number of carbonyl (C=O) groups is 1. The number of rotatable bonds is 4. The van der Waals surface area contributed by atoms with E-state index < -0.39 is 0 Å². The Bertz CT molecular complexity index is 1160. The number of amides is 1. The van der Waals surface area contributed by atoms with Crippen LogP contribution in [0.25, 0.3) is 17.5 Å². The van der Waals surface area contributed by atoms with Gasteiger partial charge in [0.15, 0.2) is 17.3 Å². The van der Waals surface area contributed by atoms with Crippen molar-refractivity contribution in [3.05, 3.63) is 71.4 Å². The molecular weight excluding hydrogens is 428 g/mol. The summed E-state index contributed by atoms with van der Waals surface area (Å²) in [7, 11) is 0. The van der Waals surface area contributed by atoms with E-state index in [0.29, 0.717) is 48.5 Å². The maximum Gasteiger partial charge on any atom is 0.246 e. The molecule has 8 heteroatoms. The van der Waals surface area contributed by atoms with Crippen molar-refractivity contribution in [2.24, 2.45) is 0 Å². The highest BCUT2D eigenvalue weighted by molar-refractivity contribution is 6.32. The van der Waals surface area contributed by atoms with E-state index in [0.717, 1.165) is 16.9 Å². The van der Waals surface area contributed by atoms with Crippen molar-refractivity contribution in [3.8, 4) is 22.9 Å². The predicted octanol–water partition coefficient (Wildman–Crippen LogP) is 3.89. The largest absolute Gasteiger partial charge is 0.454 e. The standard InChI is InChI=1S/C24H21ClN4O3/c25-19-14-17(15-20-23(19)32-16-31-20)6-7-22(30)29-12-10-28(11-13-29)21-8-9-26-24(27-21)18-4-2-1-3-5-18/h1-9,14-15H,10-13,16H2/b7-6+. The van der Waals surface area contributed by atoms with Crippen LogP contribution in [0.4, 0.5) is 5.82 Å². The lowest BCUT2D eigenvalue weighted by Crippen LogP contribution is -2.48. The van der Waals surface area contributed by atoms with Crippen molar-refractivity contribution in [3.63, 3.8) is 0 Å². The number of anilines is 1. The van der Waals surface area contributed by atoms with Gasteiger partial charge in [-0.15, -0.1) is 0 Å². The molecule has 0 unspecified atom stereocenters. The van der Waals surface area contributed by atoms with Gasteiger partial charge in [-0.2, -0.15) is 0 Å². The van der Waals surface area contributed by atoms with Gasteiger partial charge in [-0.05, 0) is 29.8 Å². The summed E-state index contributed by atoms with van der Waals surface area (Å²) in [6, 6.07) is 15.4. The molecule has 0 saturated carbocycles. The number of carbonyl (C=O) groups excluding carboxylic acids is 1. The van der Waals surface area contributed by atoms with E-state index in [1.807, 2.05) is 47.4 Å². The van der Waals surface area contributed by atoms with Crippen LogP contribution < -0.4 is 14.4 Å². The molecule has 2 aromatic carbocycles. The van der Waals surface area contributed by atoms with Crippen molar-refractivity contribution in [1.82, 2.24) is 14.9 Å². The minimum Gasteiger partial charge on any atom is -0.454 e. The van der Waals surface area contributed by atoms with E-state index in [1.165, 1.54) is 0 Å². The summed E-state index contributed by atoms with van der Waals surface area (Å²) >= 11 is 6.21. The van der Waals surface area contributed by atoms with Crippen molar-refractivity contribution < 1.29 is 14.3 Å². The van der Waals surface area contributed by atoms with E-state index in [2.05, 4.69) is 9.88 Å². The molecule has 0 bridgehead atoms. The number of hydrogen-bond donors (Lipinski definition) is 0. The molecule has 1 amide bonds. The van der Waals surface area contributed by atoms with Gasteiger partial charge in [0.2, 0.25) is 12.7 Å². The maximum absolute atomic E-state index is 12.7. The molecule has 32 heavy (non-hydrogen) atoms. The van der Waals surface area contributed by atoms with E-state index >= 15 is 0 Å². The van der Waals surface area contributed by atoms with Gasteiger partial charge < -0.3 is 19.3 Å². The highest BCUT2D eigenvalue weighted by atomic mass is 35.5. The SMILES string of the molecule is O=C(/C=C/c1cc(Cl)c2c(c1)OCO2)N1CCN(c2ccnc(-c3ccccc3)n2)CC1. The highest BCUT2D eigenvalue weighted by Crippen LogP contribution is 2.40. The third kappa shape index (κ3) is 4.24. The molecule has 1 aromatic heterocycles. The number of aromatic nitrogens is 2. The number of hydrogen-bond acceptors (Lipinski definition) is 6. The van der Waals surface area contributed by atoms with Crippen LogP contribution in [0.2, 0.25) is 5.02 Å². The zero-order valence-corrected chi connectivity index (χ0v) is 18.0. The number of ether oxygens (including phenoxy) is 2. The van der Waals surface area contributed by atoms with Gasteiger partial charge in [0.25, 0.3) is 0 Å². The average molecular weight is 449 g/mol. The van der Waals surface area contributed by atoms with Crippen LogP contribution >= 0.6 is 11.6 Å².